The van der Waals surface area contributed by atoms with Crippen molar-refractivity contribution in [2.24, 2.45) is 5.92 Å². The van der Waals surface area contributed by atoms with E-state index in [0.29, 0.717) is 17.4 Å². The Morgan fingerprint density at radius 1 is 1.53 bits per heavy atom. The summed E-state index contributed by atoms with van der Waals surface area (Å²) >= 11 is 0. The Kier molecular flexibility index (Phi) is 3.89. The molecule has 1 aromatic heterocycles. The van der Waals surface area contributed by atoms with E-state index in [4.69, 9.17) is 10.00 Å². The number of rotatable bonds is 3. The van der Waals surface area contributed by atoms with E-state index in [-0.39, 0.29) is 0 Å². The first-order valence-electron chi connectivity index (χ1n) is 5.81. The van der Waals surface area contributed by atoms with E-state index < -0.39 is 0 Å². The van der Waals surface area contributed by atoms with Gasteiger partial charge in [0.1, 0.15) is 6.07 Å². The highest BCUT2D eigenvalue weighted by Gasteiger charge is 2.18. The highest BCUT2D eigenvalue weighted by Crippen LogP contribution is 2.18. The molecule has 1 unspecified atom stereocenters. The monoisotopic (exact) mass is 232 g/mol. The van der Waals surface area contributed by atoms with Gasteiger partial charge in [-0.3, -0.25) is 0 Å². The molecule has 2 heterocycles. The van der Waals surface area contributed by atoms with E-state index >= 15 is 0 Å². The van der Waals surface area contributed by atoms with Crippen LogP contribution in [0.2, 0.25) is 0 Å². The zero-order valence-corrected chi connectivity index (χ0v) is 9.96. The molecule has 0 amide bonds. The van der Waals surface area contributed by atoms with Gasteiger partial charge < -0.3 is 9.64 Å². The van der Waals surface area contributed by atoms with Gasteiger partial charge in [-0.25, -0.2) is 9.97 Å². The Labute approximate surface area is 101 Å². The molecule has 5 nitrogen and oxygen atoms in total. The van der Waals surface area contributed by atoms with E-state index in [1.807, 2.05) is 11.9 Å². The van der Waals surface area contributed by atoms with Gasteiger partial charge in [0.2, 0.25) is 0 Å². The lowest BCUT2D eigenvalue weighted by molar-refractivity contribution is 0.0576. The Morgan fingerprint density at radius 3 is 3.06 bits per heavy atom. The van der Waals surface area contributed by atoms with Gasteiger partial charge in [0.25, 0.3) is 0 Å². The van der Waals surface area contributed by atoms with Crippen molar-refractivity contribution in [2.45, 2.75) is 12.8 Å². The minimum Gasteiger partial charge on any atom is -0.381 e. The second kappa shape index (κ2) is 5.60. The minimum absolute atomic E-state index is 0.381. The Balaban J connectivity index is 2.03. The van der Waals surface area contributed by atoms with Crippen molar-refractivity contribution in [3.63, 3.8) is 0 Å². The van der Waals surface area contributed by atoms with Crippen LogP contribution in [0, 0.1) is 17.2 Å². The number of hydrogen-bond acceptors (Lipinski definition) is 5. The number of aromatic nitrogens is 2. The highest BCUT2D eigenvalue weighted by atomic mass is 16.5. The molecule has 1 fully saturated rings. The van der Waals surface area contributed by atoms with Crippen LogP contribution in [0.3, 0.4) is 0 Å². The average molecular weight is 232 g/mol. The lowest BCUT2D eigenvalue weighted by Crippen LogP contribution is -2.31. The first-order valence-corrected chi connectivity index (χ1v) is 5.81. The van der Waals surface area contributed by atoms with Gasteiger partial charge in [-0.2, -0.15) is 5.26 Å². The molecule has 0 saturated carbocycles. The molecule has 90 valence electrons. The van der Waals surface area contributed by atoms with Crippen LogP contribution in [0.1, 0.15) is 18.5 Å². The maximum atomic E-state index is 8.97. The summed E-state index contributed by atoms with van der Waals surface area (Å²) in [4.78, 5) is 10.2. The molecule has 1 aliphatic heterocycles. The van der Waals surface area contributed by atoms with Gasteiger partial charge in [-0.15, -0.1) is 0 Å². The molecule has 1 atom stereocenters. The van der Waals surface area contributed by atoms with Crippen LogP contribution in [-0.4, -0.2) is 36.8 Å². The molecule has 2 rings (SSSR count). The van der Waals surface area contributed by atoms with Gasteiger partial charge in [0, 0.05) is 32.6 Å². The number of anilines is 1. The summed E-state index contributed by atoms with van der Waals surface area (Å²) in [5.74, 6) is 1.17. The van der Waals surface area contributed by atoms with Crippen molar-refractivity contribution in [3.8, 4) is 6.07 Å². The smallest absolute Gasteiger partial charge is 0.183 e. The molecule has 0 radical (unpaired) electrons. The van der Waals surface area contributed by atoms with Crippen LogP contribution in [0.4, 0.5) is 5.82 Å². The fraction of sp³-hybridized carbons (Fsp3) is 0.583. The van der Waals surface area contributed by atoms with Crippen LogP contribution in [0.15, 0.2) is 12.4 Å². The summed E-state index contributed by atoms with van der Waals surface area (Å²) < 4.78 is 5.45. The fourth-order valence-electron chi connectivity index (χ4n) is 2.11. The van der Waals surface area contributed by atoms with E-state index in [2.05, 4.69) is 16.0 Å². The van der Waals surface area contributed by atoms with E-state index in [1.165, 1.54) is 6.42 Å². The van der Waals surface area contributed by atoms with Crippen molar-refractivity contribution >= 4 is 5.82 Å². The minimum atomic E-state index is 0.381. The van der Waals surface area contributed by atoms with Crippen LogP contribution in [0.25, 0.3) is 0 Å². The molecule has 1 aliphatic rings. The Hall–Kier alpha value is -1.67. The maximum absolute atomic E-state index is 8.97. The van der Waals surface area contributed by atoms with Crippen LogP contribution in [-0.2, 0) is 4.74 Å². The van der Waals surface area contributed by atoms with Gasteiger partial charge >= 0.3 is 0 Å². The third-order valence-electron chi connectivity index (χ3n) is 2.93. The van der Waals surface area contributed by atoms with Crippen LogP contribution >= 0.6 is 0 Å². The predicted molar refractivity (Wildman–Crippen MR) is 63.6 cm³/mol. The van der Waals surface area contributed by atoms with Crippen molar-refractivity contribution < 1.29 is 4.74 Å². The summed E-state index contributed by atoms with van der Waals surface area (Å²) in [5, 5.41) is 8.97. The average Bonchev–Trinajstić information content (AvgIpc) is 2.40. The van der Waals surface area contributed by atoms with Gasteiger partial charge in [-0.1, -0.05) is 0 Å². The number of nitriles is 1. The summed E-state index contributed by atoms with van der Waals surface area (Å²) in [6, 6.07) is 2.07. The molecule has 1 aromatic rings. The number of ether oxygens (including phenoxy) is 1. The van der Waals surface area contributed by atoms with E-state index in [1.54, 1.807) is 12.4 Å². The zero-order valence-electron chi connectivity index (χ0n) is 9.96. The highest BCUT2D eigenvalue weighted by molar-refractivity contribution is 5.48. The van der Waals surface area contributed by atoms with Crippen LogP contribution in [0.5, 0.6) is 0 Å². The molecule has 5 heteroatoms. The second-order valence-corrected chi connectivity index (χ2v) is 4.30. The largest absolute Gasteiger partial charge is 0.381 e. The maximum Gasteiger partial charge on any atom is 0.183 e. The molecule has 1 saturated heterocycles. The summed E-state index contributed by atoms with van der Waals surface area (Å²) in [5.41, 5.74) is 0.381. The molecule has 0 N–H and O–H groups in total. The van der Waals surface area contributed by atoms with Crippen LogP contribution < -0.4 is 4.90 Å². The first kappa shape index (κ1) is 11.8. The van der Waals surface area contributed by atoms with Crippen molar-refractivity contribution in [1.29, 1.82) is 5.26 Å². The topological polar surface area (TPSA) is 62.0 Å². The lowest BCUT2D eigenvalue weighted by atomic mass is 10.0. The first-order chi connectivity index (χ1) is 8.31. The van der Waals surface area contributed by atoms with Crippen molar-refractivity contribution in [2.75, 3.05) is 31.7 Å². The fourth-order valence-corrected chi connectivity index (χ4v) is 2.11. The molecule has 17 heavy (non-hydrogen) atoms. The third-order valence-corrected chi connectivity index (χ3v) is 2.93. The quantitative estimate of drug-likeness (QED) is 0.784. The van der Waals surface area contributed by atoms with Gasteiger partial charge in [0.15, 0.2) is 11.5 Å². The van der Waals surface area contributed by atoms with Gasteiger partial charge in [-0.05, 0) is 18.8 Å². The molecule has 0 aliphatic carbocycles. The third kappa shape index (κ3) is 2.92. The normalized spacial score (nSPS) is 19.6. The molecular formula is C12H16N4O. The van der Waals surface area contributed by atoms with Crippen molar-refractivity contribution in [3.05, 3.63) is 18.1 Å². The standard InChI is InChI=1S/C12H16N4O/c1-16(8-10-3-2-6-17-9-10)12-11(7-13)14-4-5-15-12/h4-5,10H,2-3,6,8-9H2,1H3. The zero-order chi connectivity index (χ0) is 12.1. The van der Waals surface area contributed by atoms with Crippen molar-refractivity contribution in [1.82, 2.24) is 9.97 Å². The predicted octanol–water partition coefficient (Wildman–Crippen LogP) is 1.21. The van der Waals surface area contributed by atoms with Gasteiger partial charge in [0.05, 0.1) is 6.61 Å². The Morgan fingerprint density at radius 2 is 2.35 bits per heavy atom. The van der Waals surface area contributed by atoms with E-state index in [0.717, 1.165) is 26.2 Å². The SMILES string of the molecule is CN(CC1CCCOC1)c1nccnc1C#N. The molecule has 0 spiro atoms. The molecule has 0 bridgehead atoms. The summed E-state index contributed by atoms with van der Waals surface area (Å²) in [6.45, 7) is 2.52. The molecular weight excluding hydrogens is 216 g/mol. The lowest BCUT2D eigenvalue weighted by Gasteiger charge is -2.27. The number of hydrogen-bond donors (Lipinski definition) is 0. The second-order valence-electron chi connectivity index (χ2n) is 4.30. The summed E-state index contributed by atoms with van der Waals surface area (Å²) in [7, 11) is 1.94. The molecule has 0 aromatic carbocycles. The Bertz CT molecular complexity index is 409. The van der Waals surface area contributed by atoms with E-state index in [9.17, 15) is 0 Å². The number of nitrogens with zero attached hydrogens (tertiary/aromatic N) is 4. The summed E-state index contributed by atoms with van der Waals surface area (Å²) in [6.07, 6.45) is 5.44.